The Balaban J connectivity index is 1.44. The van der Waals surface area contributed by atoms with E-state index in [0.717, 1.165) is 31.5 Å². The van der Waals surface area contributed by atoms with Crippen LogP contribution in [0.25, 0.3) is 0 Å². The number of rotatable bonds is 7. The minimum absolute atomic E-state index is 0.0640. The lowest BCUT2D eigenvalue weighted by atomic mass is 10.1. The van der Waals surface area contributed by atoms with Crippen LogP contribution in [-0.2, 0) is 11.3 Å². The molecule has 0 bridgehead atoms. The van der Waals surface area contributed by atoms with E-state index in [2.05, 4.69) is 10.4 Å². The van der Waals surface area contributed by atoms with Crippen molar-refractivity contribution in [2.24, 2.45) is 0 Å². The van der Waals surface area contributed by atoms with Crippen LogP contribution in [0.1, 0.15) is 34.9 Å². The quantitative estimate of drug-likeness (QED) is 0.783. The fraction of sp³-hybridized carbons (Fsp3) is 0.474. The lowest BCUT2D eigenvalue weighted by Gasteiger charge is -2.23. The minimum Gasteiger partial charge on any atom is -0.375 e. The number of carbonyl (C=O) groups is 1. The topological polar surface area (TPSA) is 59.4 Å². The number of hydrogen-bond donors (Lipinski definition) is 1. The Morgan fingerprint density at radius 3 is 2.96 bits per heavy atom. The molecule has 1 N–H and O–H groups in total. The molecule has 1 aliphatic rings. The van der Waals surface area contributed by atoms with Gasteiger partial charge in [0, 0.05) is 26.3 Å². The predicted octanol–water partition coefficient (Wildman–Crippen LogP) is 2.10. The molecule has 2 aromatic rings. The molecule has 1 atom stereocenters. The largest absolute Gasteiger partial charge is 0.375 e. The number of carbonyl (C=O) groups excluding carboxylic acids is 1. The van der Waals surface area contributed by atoms with E-state index in [9.17, 15) is 4.79 Å². The summed E-state index contributed by atoms with van der Waals surface area (Å²) in [5, 5.41) is 7.85. The first-order chi connectivity index (χ1) is 12.2. The highest BCUT2D eigenvalue weighted by Crippen LogP contribution is 2.16. The minimum atomic E-state index is -0.0640. The van der Waals surface area contributed by atoms with Crippen molar-refractivity contribution in [2.75, 3.05) is 33.3 Å². The van der Waals surface area contributed by atoms with Crippen molar-refractivity contribution in [1.29, 1.82) is 0 Å². The molecule has 1 fully saturated rings. The third kappa shape index (κ3) is 4.90. The zero-order valence-corrected chi connectivity index (χ0v) is 14.7. The van der Waals surface area contributed by atoms with Crippen LogP contribution in [0.15, 0.2) is 42.6 Å². The molecule has 0 aliphatic carbocycles. The molecular weight excluding hydrogens is 316 g/mol. The second-order valence-corrected chi connectivity index (χ2v) is 6.45. The van der Waals surface area contributed by atoms with Gasteiger partial charge in [-0.15, -0.1) is 0 Å². The van der Waals surface area contributed by atoms with Crippen LogP contribution in [0.5, 0.6) is 0 Å². The number of aromatic nitrogens is 2. The number of nitrogens with zero attached hydrogens (tertiary/aromatic N) is 3. The summed E-state index contributed by atoms with van der Waals surface area (Å²) >= 11 is 0. The van der Waals surface area contributed by atoms with Gasteiger partial charge in [-0.3, -0.25) is 9.48 Å². The Hall–Kier alpha value is -2.18. The zero-order valence-electron chi connectivity index (χ0n) is 14.7. The number of ether oxygens (including phenoxy) is 1. The van der Waals surface area contributed by atoms with Crippen LogP contribution >= 0.6 is 0 Å². The summed E-state index contributed by atoms with van der Waals surface area (Å²) < 4.78 is 7.56. The van der Waals surface area contributed by atoms with Gasteiger partial charge in [0.05, 0.1) is 19.3 Å². The molecule has 3 rings (SSSR count). The molecule has 134 valence electrons. The highest BCUT2D eigenvalue weighted by Gasteiger charge is 2.19. The van der Waals surface area contributed by atoms with Crippen LogP contribution in [0, 0.1) is 0 Å². The molecule has 6 nitrogen and oxygen atoms in total. The average molecular weight is 342 g/mol. The van der Waals surface area contributed by atoms with E-state index in [-0.39, 0.29) is 5.91 Å². The molecule has 1 unspecified atom stereocenters. The van der Waals surface area contributed by atoms with E-state index in [1.807, 2.05) is 41.2 Å². The van der Waals surface area contributed by atoms with E-state index < -0.39 is 0 Å². The Morgan fingerprint density at radius 1 is 1.36 bits per heavy atom. The fourth-order valence-electron chi connectivity index (χ4n) is 2.98. The van der Waals surface area contributed by atoms with Gasteiger partial charge in [0.25, 0.3) is 5.91 Å². The smallest absolute Gasteiger partial charge is 0.274 e. The summed E-state index contributed by atoms with van der Waals surface area (Å²) in [6, 6.07) is 12.2. The van der Waals surface area contributed by atoms with Crippen molar-refractivity contribution in [1.82, 2.24) is 20.0 Å². The molecule has 0 spiro atoms. The summed E-state index contributed by atoms with van der Waals surface area (Å²) in [6.45, 7) is 3.59. The van der Waals surface area contributed by atoms with Gasteiger partial charge in [-0.1, -0.05) is 30.3 Å². The number of benzene rings is 1. The SMILES string of the molecule is CN(CCOCc1ccccc1)C(=O)c1ccn(C2CCCNC2)n1. The molecule has 0 radical (unpaired) electrons. The van der Waals surface area contributed by atoms with Crippen molar-refractivity contribution >= 4 is 5.91 Å². The lowest BCUT2D eigenvalue weighted by molar-refractivity contribution is 0.0664. The Labute approximate surface area is 148 Å². The first kappa shape index (κ1) is 17.6. The molecule has 0 saturated carbocycles. The molecule has 2 heterocycles. The summed E-state index contributed by atoms with van der Waals surface area (Å²) in [7, 11) is 1.79. The maximum absolute atomic E-state index is 12.5. The second kappa shape index (κ2) is 8.78. The number of piperidine rings is 1. The van der Waals surface area contributed by atoms with Gasteiger partial charge in [0.1, 0.15) is 5.69 Å². The van der Waals surface area contributed by atoms with E-state index in [1.165, 1.54) is 0 Å². The van der Waals surface area contributed by atoms with Gasteiger partial charge in [-0.25, -0.2) is 0 Å². The first-order valence-corrected chi connectivity index (χ1v) is 8.87. The van der Waals surface area contributed by atoms with Gasteiger partial charge in [-0.2, -0.15) is 5.10 Å². The number of hydrogen-bond acceptors (Lipinski definition) is 4. The number of likely N-dealkylation sites (N-methyl/N-ethyl adjacent to an activating group) is 1. The highest BCUT2D eigenvalue weighted by atomic mass is 16.5. The molecule has 6 heteroatoms. The summed E-state index contributed by atoms with van der Waals surface area (Å²) in [5.74, 6) is -0.0640. The van der Waals surface area contributed by atoms with Crippen molar-refractivity contribution in [2.45, 2.75) is 25.5 Å². The Morgan fingerprint density at radius 2 is 2.20 bits per heavy atom. The summed E-state index contributed by atoms with van der Waals surface area (Å²) in [6.07, 6.45) is 4.16. The highest BCUT2D eigenvalue weighted by molar-refractivity contribution is 5.92. The number of amides is 1. The molecule has 1 aliphatic heterocycles. The van der Waals surface area contributed by atoms with Crippen molar-refractivity contribution in [3.8, 4) is 0 Å². The van der Waals surface area contributed by atoms with E-state index in [1.54, 1.807) is 18.0 Å². The van der Waals surface area contributed by atoms with Crippen LogP contribution in [0.3, 0.4) is 0 Å². The fourth-order valence-corrected chi connectivity index (χ4v) is 2.98. The summed E-state index contributed by atoms with van der Waals surface area (Å²) in [5.41, 5.74) is 1.63. The van der Waals surface area contributed by atoms with Gasteiger partial charge >= 0.3 is 0 Å². The molecule has 25 heavy (non-hydrogen) atoms. The van der Waals surface area contributed by atoms with Crippen LogP contribution in [0.4, 0.5) is 0 Å². The van der Waals surface area contributed by atoms with Gasteiger partial charge in [0.2, 0.25) is 0 Å². The maximum Gasteiger partial charge on any atom is 0.274 e. The summed E-state index contributed by atoms with van der Waals surface area (Å²) in [4.78, 5) is 14.1. The Kier molecular flexibility index (Phi) is 6.19. The van der Waals surface area contributed by atoms with E-state index in [0.29, 0.717) is 31.5 Å². The third-order valence-electron chi connectivity index (χ3n) is 4.50. The predicted molar refractivity (Wildman–Crippen MR) is 96.4 cm³/mol. The number of nitrogens with one attached hydrogen (secondary N) is 1. The first-order valence-electron chi connectivity index (χ1n) is 8.87. The van der Waals surface area contributed by atoms with Crippen LogP contribution in [-0.4, -0.2) is 53.9 Å². The molecule has 1 saturated heterocycles. The lowest BCUT2D eigenvalue weighted by Crippen LogP contribution is -2.33. The average Bonchev–Trinajstić information content (AvgIpc) is 3.16. The van der Waals surface area contributed by atoms with Crippen molar-refractivity contribution in [3.05, 3.63) is 53.9 Å². The normalized spacial score (nSPS) is 17.4. The Bertz CT molecular complexity index is 665. The zero-order chi connectivity index (χ0) is 17.5. The molecule has 1 aromatic heterocycles. The van der Waals surface area contributed by atoms with Gasteiger partial charge < -0.3 is 15.0 Å². The molecule has 1 amide bonds. The second-order valence-electron chi connectivity index (χ2n) is 6.45. The molecular formula is C19H26N4O2. The van der Waals surface area contributed by atoms with Crippen LogP contribution < -0.4 is 5.32 Å². The van der Waals surface area contributed by atoms with Gasteiger partial charge in [0.15, 0.2) is 0 Å². The van der Waals surface area contributed by atoms with Crippen molar-refractivity contribution < 1.29 is 9.53 Å². The monoisotopic (exact) mass is 342 g/mol. The van der Waals surface area contributed by atoms with Gasteiger partial charge in [-0.05, 0) is 31.0 Å². The van der Waals surface area contributed by atoms with Crippen molar-refractivity contribution in [3.63, 3.8) is 0 Å². The van der Waals surface area contributed by atoms with Crippen LogP contribution in [0.2, 0.25) is 0 Å². The van der Waals surface area contributed by atoms with E-state index in [4.69, 9.17) is 4.74 Å². The third-order valence-corrected chi connectivity index (χ3v) is 4.50. The molecule has 1 aromatic carbocycles. The standard InChI is InChI=1S/C19H26N4O2/c1-22(12-13-25-15-16-6-3-2-4-7-16)19(24)18-9-11-23(21-18)17-8-5-10-20-14-17/h2-4,6-7,9,11,17,20H,5,8,10,12-15H2,1H3. The van der Waals surface area contributed by atoms with E-state index >= 15 is 0 Å². The maximum atomic E-state index is 12.5.